The van der Waals surface area contributed by atoms with Gasteiger partial charge in [-0.3, -0.25) is 4.79 Å². The molecule has 0 amide bonds. The summed E-state index contributed by atoms with van der Waals surface area (Å²) >= 11 is 0. The zero-order valence-corrected chi connectivity index (χ0v) is 10.5. The number of benzene rings is 1. The Morgan fingerprint density at radius 2 is 2.06 bits per heavy atom. The van der Waals surface area contributed by atoms with E-state index >= 15 is 0 Å². The molecule has 0 unspecified atom stereocenters. The zero-order chi connectivity index (χ0) is 12.4. The molecule has 96 valence electrons. The van der Waals surface area contributed by atoms with Crippen molar-refractivity contribution in [3.05, 3.63) is 29.3 Å². The summed E-state index contributed by atoms with van der Waals surface area (Å²) in [7, 11) is 0. The van der Waals surface area contributed by atoms with Gasteiger partial charge in [-0.2, -0.15) is 0 Å². The van der Waals surface area contributed by atoms with E-state index in [1.807, 2.05) is 18.2 Å². The summed E-state index contributed by atoms with van der Waals surface area (Å²) in [6.45, 7) is 2.44. The summed E-state index contributed by atoms with van der Waals surface area (Å²) in [6, 6.07) is 5.81. The van der Waals surface area contributed by atoms with Crippen LogP contribution in [0, 0.1) is 5.92 Å². The third-order valence-corrected chi connectivity index (χ3v) is 3.85. The highest BCUT2D eigenvalue weighted by atomic mass is 16.5. The Hall–Kier alpha value is -1.35. The van der Waals surface area contributed by atoms with E-state index in [-0.39, 0.29) is 5.78 Å². The van der Waals surface area contributed by atoms with E-state index in [0.29, 0.717) is 12.3 Å². The van der Waals surface area contributed by atoms with Crippen LogP contribution in [0.5, 0.6) is 5.75 Å². The van der Waals surface area contributed by atoms with Gasteiger partial charge >= 0.3 is 0 Å². The number of ether oxygens (including phenoxy) is 2. The van der Waals surface area contributed by atoms with Crippen molar-refractivity contribution in [2.75, 3.05) is 19.8 Å². The molecule has 1 fully saturated rings. The van der Waals surface area contributed by atoms with Gasteiger partial charge in [0.15, 0.2) is 5.78 Å². The van der Waals surface area contributed by atoms with Crippen LogP contribution in [0.2, 0.25) is 0 Å². The van der Waals surface area contributed by atoms with Crippen LogP contribution in [-0.4, -0.2) is 25.6 Å². The predicted octanol–water partition coefficient (Wildman–Crippen LogP) is 2.62. The second-order valence-corrected chi connectivity index (χ2v) is 5.07. The SMILES string of the molecule is O=C1CCc2c(OCC3CCOCC3)cccc21. The van der Waals surface area contributed by atoms with E-state index in [2.05, 4.69) is 0 Å². The molecular formula is C15H18O3. The van der Waals surface area contributed by atoms with E-state index < -0.39 is 0 Å². The number of ketones is 1. The first-order valence-electron chi connectivity index (χ1n) is 6.70. The minimum absolute atomic E-state index is 0.251. The molecule has 0 atom stereocenters. The molecule has 1 aliphatic heterocycles. The van der Waals surface area contributed by atoms with Crippen molar-refractivity contribution in [2.45, 2.75) is 25.7 Å². The average molecular weight is 246 g/mol. The average Bonchev–Trinajstić information content (AvgIpc) is 2.80. The van der Waals surface area contributed by atoms with E-state index in [9.17, 15) is 4.79 Å². The lowest BCUT2D eigenvalue weighted by molar-refractivity contribution is 0.0496. The van der Waals surface area contributed by atoms with Crippen molar-refractivity contribution in [1.82, 2.24) is 0 Å². The van der Waals surface area contributed by atoms with Crippen molar-refractivity contribution < 1.29 is 14.3 Å². The summed E-state index contributed by atoms with van der Waals surface area (Å²) in [5, 5.41) is 0. The van der Waals surface area contributed by atoms with Gasteiger partial charge in [-0.25, -0.2) is 0 Å². The maximum Gasteiger partial charge on any atom is 0.163 e. The zero-order valence-electron chi connectivity index (χ0n) is 10.5. The second-order valence-electron chi connectivity index (χ2n) is 5.07. The van der Waals surface area contributed by atoms with E-state index in [4.69, 9.17) is 9.47 Å². The molecule has 0 spiro atoms. The first kappa shape index (κ1) is 11.7. The van der Waals surface area contributed by atoms with Gasteiger partial charge in [0.1, 0.15) is 5.75 Å². The lowest BCUT2D eigenvalue weighted by Gasteiger charge is -2.22. The molecule has 0 saturated carbocycles. The molecule has 1 saturated heterocycles. The third-order valence-electron chi connectivity index (χ3n) is 3.85. The summed E-state index contributed by atoms with van der Waals surface area (Å²) < 4.78 is 11.3. The van der Waals surface area contributed by atoms with E-state index in [1.165, 1.54) is 0 Å². The molecule has 3 rings (SSSR count). The molecule has 3 heteroatoms. The van der Waals surface area contributed by atoms with Crippen LogP contribution in [0.25, 0.3) is 0 Å². The molecule has 1 aliphatic carbocycles. The third kappa shape index (κ3) is 2.27. The Balaban J connectivity index is 1.68. The maximum absolute atomic E-state index is 11.7. The van der Waals surface area contributed by atoms with Crippen LogP contribution in [0.1, 0.15) is 35.2 Å². The van der Waals surface area contributed by atoms with Crippen LogP contribution in [0.4, 0.5) is 0 Å². The molecule has 0 bridgehead atoms. The number of hydrogen-bond donors (Lipinski definition) is 0. The van der Waals surface area contributed by atoms with Gasteiger partial charge < -0.3 is 9.47 Å². The van der Waals surface area contributed by atoms with Gasteiger partial charge in [0.2, 0.25) is 0 Å². The largest absolute Gasteiger partial charge is 0.493 e. The Labute approximate surface area is 107 Å². The van der Waals surface area contributed by atoms with Gasteiger partial charge in [0, 0.05) is 30.8 Å². The number of hydrogen-bond acceptors (Lipinski definition) is 3. The minimum Gasteiger partial charge on any atom is -0.493 e. The topological polar surface area (TPSA) is 35.5 Å². The lowest BCUT2D eigenvalue weighted by Crippen LogP contribution is -2.21. The molecule has 0 N–H and O–H groups in total. The Bertz CT molecular complexity index is 447. The number of carbonyl (C=O) groups is 1. The molecule has 1 heterocycles. The Morgan fingerprint density at radius 1 is 1.22 bits per heavy atom. The summed E-state index contributed by atoms with van der Waals surface area (Å²) in [5.41, 5.74) is 1.97. The first-order chi connectivity index (χ1) is 8.84. The van der Waals surface area contributed by atoms with Gasteiger partial charge in [-0.05, 0) is 31.2 Å². The molecule has 1 aromatic carbocycles. The Morgan fingerprint density at radius 3 is 2.89 bits per heavy atom. The van der Waals surface area contributed by atoms with Crippen molar-refractivity contribution in [2.24, 2.45) is 5.92 Å². The molecule has 0 radical (unpaired) electrons. The van der Waals surface area contributed by atoms with E-state index in [1.54, 1.807) is 0 Å². The first-order valence-corrected chi connectivity index (χ1v) is 6.70. The second kappa shape index (κ2) is 5.11. The number of rotatable bonds is 3. The van der Waals surface area contributed by atoms with Gasteiger partial charge in [0.05, 0.1) is 6.61 Å². The molecule has 0 aromatic heterocycles. The van der Waals surface area contributed by atoms with Crippen molar-refractivity contribution in [3.8, 4) is 5.75 Å². The van der Waals surface area contributed by atoms with Crippen molar-refractivity contribution in [1.29, 1.82) is 0 Å². The van der Waals surface area contributed by atoms with Crippen LogP contribution in [-0.2, 0) is 11.2 Å². The highest BCUT2D eigenvalue weighted by molar-refractivity contribution is 6.01. The molecule has 2 aliphatic rings. The summed E-state index contributed by atoms with van der Waals surface area (Å²) in [6.07, 6.45) is 3.62. The van der Waals surface area contributed by atoms with Crippen LogP contribution < -0.4 is 4.74 Å². The molecule has 18 heavy (non-hydrogen) atoms. The van der Waals surface area contributed by atoms with Gasteiger partial charge in [0.25, 0.3) is 0 Å². The fourth-order valence-corrected chi connectivity index (χ4v) is 2.71. The standard InChI is InChI=1S/C15H18O3/c16-14-5-4-13-12(14)2-1-3-15(13)18-10-11-6-8-17-9-7-11/h1-3,11H,4-10H2. The quantitative estimate of drug-likeness (QED) is 0.822. The number of Topliss-reactive ketones (excluding diaryl/α,β-unsaturated/α-hetero) is 1. The lowest BCUT2D eigenvalue weighted by atomic mass is 10.0. The van der Waals surface area contributed by atoms with Crippen LogP contribution in [0.15, 0.2) is 18.2 Å². The molecular weight excluding hydrogens is 228 g/mol. The van der Waals surface area contributed by atoms with Gasteiger partial charge in [-0.15, -0.1) is 0 Å². The molecule has 3 nitrogen and oxygen atoms in total. The normalized spacial score (nSPS) is 19.9. The molecule has 1 aromatic rings. The van der Waals surface area contributed by atoms with Gasteiger partial charge in [-0.1, -0.05) is 12.1 Å². The number of fused-ring (bicyclic) bond motifs is 1. The highest BCUT2D eigenvalue weighted by Gasteiger charge is 2.23. The highest BCUT2D eigenvalue weighted by Crippen LogP contribution is 2.31. The van der Waals surface area contributed by atoms with Crippen LogP contribution in [0.3, 0.4) is 0 Å². The van der Waals surface area contributed by atoms with Crippen molar-refractivity contribution >= 4 is 5.78 Å². The summed E-state index contributed by atoms with van der Waals surface area (Å²) in [5.74, 6) is 1.75. The predicted molar refractivity (Wildman–Crippen MR) is 68.1 cm³/mol. The van der Waals surface area contributed by atoms with Crippen LogP contribution >= 0.6 is 0 Å². The minimum atomic E-state index is 0.251. The van der Waals surface area contributed by atoms with E-state index in [0.717, 1.165) is 56.0 Å². The van der Waals surface area contributed by atoms with Crippen molar-refractivity contribution in [3.63, 3.8) is 0 Å². The summed E-state index contributed by atoms with van der Waals surface area (Å²) in [4.78, 5) is 11.7. The fraction of sp³-hybridized carbons (Fsp3) is 0.533. The maximum atomic E-state index is 11.7. The fourth-order valence-electron chi connectivity index (χ4n) is 2.71. The Kier molecular flexibility index (Phi) is 3.33. The monoisotopic (exact) mass is 246 g/mol. The number of carbonyl (C=O) groups excluding carboxylic acids is 1. The smallest absolute Gasteiger partial charge is 0.163 e.